The SMILES string of the molecule is Cc1c(-c2ccc(N3CCn4cnc(C(=O)Nc5nc6ccccc6s5)c4C3)nc2C(=O)O)cnn1CC12CC3(C)CC(C)(C1)CC(OCCNC(=O)OCc1ccc(O[C@@H]4O[C@H](C(=O)O)[C@@H](O)[C@H](O)[C@H]4O)cc1OCCOCCN)(C3)C2. The number of carboxylic acid groups (broad SMARTS) is 2. The van der Waals surface area contributed by atoms with Crippen molar-refractivity contribution >= 4 is 56.4 Å². The maximum atomic E-state index is 13.5. The van der Waals surface area contributed by atoms with Crippen LogP contribution in [-0.4, -0.2) is 161 Å². The number of nitrogens with two attached hydrogens (primary N) is 1. The van der Waals surface area contributed by atoms with E-state index in [-0.39, 0.29) is 84.6 Å². The van der Waals surface area contributed by atoms with Gasteiger partial charge in [0.05, 0.1) is 60.4 Å². The highest BCUT2D eigenvalue weighted by Crippen LogP contribution is 2.72. The number of nitrogens with one attached hydrogen (secondary N) is 2. The molecule has 5 fully saturated rings. The van der Waals surface area contributed by atoms with Gasteiger partial charge in [0.1, 0.15) is 48.8 Å². The van der Waals surface area contributed by atoms with E-state index in [9.17, 15) is 44.7 Å². The van der Waals surface area contributed by atoms with Gasteiger partial charge >= 0.3 is 18.0 Å². The number of rotatable bonds is 22. The van der Waals surface area contributed by atoms with Crippen molar-refractivity contribution in [2.24, 2.45) is 22.0 Å². The van der Waals surface area contributed by atoms with Crippen LogP contribution in [0.1, 0.15) is 90.3 Å². The second kappa shape index (κ2) is 23.0. The number of carbonyl (C=O) groups is 4. The number of alkyl carbamates (subject to hydrolysis) is 1. The summed E-state index contributed by atoms with van der Waals surface area (Å²) in [6.45, 7) is 9.65. The van der Waals surface area contributed by atoms with E-state index in [1.54, 1.807) is 24.7 Å². The summed E-state index contributed by atoms with van der Waals surface area (Å²) >= 11 is 1.38. The quantitative estimate of drug-likeness (QED) is 0.0426. The number of imidazole rings is 1. The number of carboxylic acids is 2. The largest absolute Gasteiger partial charge is 0.491 e. The molecule has 26 heteroatoms. The molecule has 6 aliphatic rings. The molecule has 442 valence electrons. The molecule has 6 aromatic rings. The van der Waals surface area contributed by atoms with Crippen LogP contribution >= 0.6 is 11.3 Å². The number of aliphatic hydroxyl groups is 3. The third kappa shape index (κ3) is 12.0. The van der Waals surface area contributed by atoms with E-state index in [1.165, 1.54) is 23.5 Å². The maximum absolute atomic E-state index is 13.5. The number of anilines is 2. The summed E-state index contributed by atoms with van der Waals surface area (Å²) in [6.07, 6.45) is -0.832. The van der Waals surface area contributed by atoms with E-state index < -0.39 is 54.3 Å². The van der Waals surface area contributed by atoms with Crippen molar-refractivity contribution in [2.45, 2.75) is 122 Å². The van der Waals surface area contributed by atoms with Crippen LogP contribution < -0.4 is 30.7 Å². The number of carbonyl (C=O) groups excluding carboxylic acids is 2. The van der Waals surface area contributed by atoms with Crippen molar-refractivity contribution in [3.05, 3.63) is 95.5 Å². The molecule has 4 aromatic heterocycles. The number of fused-ring (bicyclic) bond motifs is 2. The fraction of sp³-hybridized carbons (Fsp3) is 0.509. The van der Waals surface area contributed by atoms with E-state index in [0.29, 0.717) is 66.1 Å². The first-order chi connectivity index (χ1) is 39.7. The number of aromatic carboxylic acids is 1. The molecule has 4 aliphatic carbocycles. The van der Waals surface area contributed by atoms with Crippen LogP contribution in [0.2, 0.25) is 0 Å². The molecular weight excluding hydrogens is 1100 g/mol. The Morgan fingerprint density at radius 3 is 2.42 bits per heavy atom. The number of nitrogens with zero attached hydrogens (tertiary/aromatic N) is 7. The minimum Gasteiger partial charge on any atom is -0.491 e. The van der Waals surface area contributed by atoms with Crippen molar-refractivity contribution in [3.63, 3.8) is 0 Å². The number of hydrogen-bond donors (Lipinski definition) is 8. The Morgan fingerprint density at radius 2 is 1.66 bits per heavy atom. The van der Waals surface area contributed by atoms with Gasteiger partial charge in [0.2, 0.25) is 6.29 Å². The Hall–Kier alpha value is -7.30. The second-order valence-electron chi connectivity index (χ2n) is 23.4. The van der Waals surface area contributed by atoms with Crippen LogP contribution in [0.15, 0.2) is 67.1 Å². The maximum Gasteiger partial charge on any atom is 0.407 e. The number of thiazole rings is 1. The second-order valence-corrected chi connectivity index (χ2v) is 24.4. The average Bonchev–Trinajstić information content (AvgIpc) is 3.75. The van der Waals surface area contributed by atoms with Crippen molar-refractivity contribution < 1.29 is 73.1 Å². The number of para-hydroxylation sites is 1. The minimum absolute atomic E-state index is 0.00607. The molecule has 0 radical (unpaired) electrons. The van der Waals surface area contributed by atoms with Gasteiger partial charge < -0.3 is 74.5 Å². The fourth-order valence-corrected chi connectivity index (χ4v) is 15.1. The Morgan fingerprint density at radius 1 is 0.867 bits per heavy atom. The molecule has 1 saturated heterocycles. The predicted octanol–water partition coefficient (Wildman–Crippen LogP) is 4.72. The number of aromatic nitrogens is 6. The molecule has 4 saturated carbocycles. The predicted molar refractivity (Wildman–Crippen MR) is 298 cm³/mol. The summed E-state index contributed by atoms with van der Waals surface area (Å²) in [5.74, 6) is -2.37. The molecule has 0 spiro atoms. The number of ether oxygens (including phenoxy) is 6. The first-order valence-electron chi connectivity index (χ1n) is 27.6. The highest BCUT2D eigenvalue weighted by Gasteiger charge is 2.66. The van der Waals surface area contributed by atoms with Gasteiger partial charge in [-0.2, -0.15) is 5.10 Å². The van der Waals surface area contributed by atoms with Gasteiger partial charge in [-0.1, -0.05) is 37.3 Å². The number of benzene rings is 2. The summed E-state index contributed by atoms with van der Waals surface area (Å²) in [7, 11) is 0. The Kier molecular flexibility index (Phi) is 16.0. The van der Waals surface area contributed by atoms with Gasteiger partial charge in [-0.05, 0) is 98.1 Å². The molecule has 83 heavy (non-hydrogen) atoms. The smallest absolute Gasteiger partial charge is 0.407 e. The Labute approximate surface area is 480 Å². The third-order valence-electron chi connectivity index (χ3n) is 16.6. The Balaban J connectivity index is 0.718. The van der Waals surface area contributed by atoms with Crippen LogP contribution in [0.25, 0.3) is 21.3 Å². The van der Waals surface area contributed by atoms with Gasteiger partial charge in [-0.3, -0.25) is 14.8 Å². The highest BCUT2D eigenvalue weighted by molar-refractivity contribution is 7.22. The molecule has 6 heterocycles. The molecule has 2 aliphatic heterocycles. The lowest BCUT2D eigenvalue weighted by Gasteiger charge is -2.69. The van der Waals surface area contributed by atoms with Gasteiger partial charge in [-0.15, -0.1) is 0 Å². The molecular formula is C57H68N10O15S. The van der Waals surface area contributed by atoms with Crippen LogP contribution in [0.4, 0.5) is 15.7 Å². The van der Waals surface area contributed by atoms with Crippen LogP contribution in [-0.2, 0) is 50.0 Å². The number of pyridine rings is 1. The minimum atomic E-state index is -1.89. The standard InChI is InChI=1S/C57H68N10O15S/c1-32-36(35-10-11-41(63-42(35)49(72)73)65-14-15-66-31-60-43(38(66)22-65)48(71)64-52-62-37-6-4-5-7-40(37)83-52)21-61-67(32)30-56-25-54(2)24-55(3,26-56)28-57(27-54,29-56)80-17-13-59-53(76)79-23-33-8-9-34(20-39(33)78-19-18-77-16-12-58)81-51-46(70)44(68)45(69)47(82-51)50(74)75/h4-11,20-21,31,44-47,51,68-70H,12-19,22-30,58H2,1-3H3,(H,59,76)(H,72,73)(H,74,75)(H,62,64,71)/t44-,45-,46+,47-,51+,54?,55?,56?,57?/m0/s1. The van der Waals surface area contributed by atoms with Gasteiger partial charge in [0, 0.05) is 61.2 Å². The van der Waals surface area contributed by atoms with Crippen molar-refractivity contribution in [2.75, 3.05) is 56.3 Å². The van der Waals surface area contributed by atoms with Crippen molar-refractivity contribution in [3.8, 4) is 22.6 Å². The number of hydrogen-bond acceptors (Lipinski definition) is 20. The van der Waals surface area contributed by atoms with Crippen LogP contribution in [0.3, 0.4) is 0 Å². The zero-order valence-electron chi connectivity index (χ0n) is 46.2. The first kappa shape index (κ1) is 57.5. The summed E-state index contributed by atoms with van der Waals surface area (Å²) < 4.78 is 39.7. The number of aliphatic carboxylic acids is 1. The van der Waals surface area contributed by atoms with Gasteiger partial charge in [0.15, 0.2) is 22.6 Å². The molecule has 2 unspecified atom stereocenters. The summed E-state index contributed by atoms with van der Waals surface area (Å²) in [5, 5.41) is 62.1. The van der Waals surface area contributed by atoms with E-state index in [2.05, 4.69) is 34.4 Å². The first-order valence-corrected chi connectivity index (χ1v) is 28.5. The zero-order valence-corrected chi connectivity index (χ0v) is 47.0. The van der Waals surface area contributed by atoms with Crippen molar-refractivity contribution in [1.82, 2.24) is 34.6 Å². The molecule has 7 atom stereocenters. The molecule has 25 nitrogen and oxygen atoms in total. The van der Waals surface area contributed by atoms with Gasteiger partial charge in [0.25, 0.3) is 5.91 Å². The van der Waals surface area contributed by atoms with Crippen LogP contribution in [0, 0.1) is 23.2 Å². The topological polar surface area (TPSA) is 340 Å². The van der Waals surface area contributed by atoms with Gasteiger partial charge in [-0.25, -0.2) is 29.3 Å². The molecule has 2 amide bonds. The van der Waals surface area contributed by atoms with E-state index >= 15 is 0 Å². The van der Waals surface area contributed by atoms with E-state index in [1.807, 2.05) is 51.4 Å². The lowest BCUT2D eigenvalue weighted by Crippen LogP contribution is -2.64. The fourth-order valence-electron chi connectivity index (χ4n) is 14.2. The van der Waals surface area contributed by atoms with Crippen molar-refractivity contribution in [1.29, 1.82) is 0 Å². The normalized spacial score (nSPS) is 27.1. The zero-order chi connectivity index (χ0) is 58.4. The number of amides is 2. The lowest BCUT2D eigenvalue weighted by molar-refractivity contribution is -0.271. The van der Waals surface area contributed by atoms with E-state index in [4.69, 9.17) is 44.2 Å². The van der Waals surface area contributed by atoms with E-state index in [0.717, 1.165) is 54.4 Å². The number of aliphatic hydroxyl groups excluding tert-OH is 3. The molecule has 12 rings (SSSR count). The summed E-state index contributed by atoms with van der Waals surface area (Å²) in [5.41, 5.74) is 8.92. The third-order valence-corrected chi connectivity index (χ3v) is 17.5. The highest BCUT2D eigenvalue weighted by atomic mass is 32.1. The summed E-state index contributed by atoms with van der Waals surface area (Å²) in [6, 6.07) is 15.7. The monoisotopic (exact) mass is 1160 g/mol. The molecule has 2 aromatic carbocycles. The molecule has 9 N–H and O–H groups in total. The lowest BCUT2D eigenvalue weighted by atomic mass is 9.39. The molecule has 4 bridgehead atoms. The average molecular weight is 1170 g/mol. The Bertz CT molecular complexity index is 3370. The van der Waals surface area contributed by atoms with Crippen LogP contribution in [0.5, 0.6) is 11.5 Å². The summed E-state index contributed by atoms with van der Waals surface area (Å²) in [4.78, 5) is 67.1.